The topological polar surface area (TPSA) is 124 Å². The number of hydrogen-bond acceptors (Lipinski definition) is 7. The van der Waals surface area contributed by atoms with Gasteiger partial charge in [0.2, 0.25) is 5.91 Å². The quantitative estimate of drug-likeness (QED) is 0.404. The Morgan fingerprint density at radius 2 is 1.78 bits per heavy atom. The zero-order valence-corrected chi connectivity index (χ0v) is 19.6. The molecule has 0 spiro atoms. The Kier molecular flexibility index (Phi) is 8.41. The van der Waals surface area contributed by atoms with Crippen LogP contribution in [0.2, 0.25) is 0 Å². The fraction of sp³-hybridized carbons (Fsp3) is 0.429. The number of amides is 2. The van der Waals surface area contributed by atoms with Gasteiger partial charge in [-0.3, -0.25) is 14.6 Å². The number of aromatic nitrogens is 2. The van der Waals surface area contributed by atoms with Crippen molar-refractivity contribution in [1.29, 1.82) is 0 Å². The zero-order chi connectivity index (χ0) is 23.9. The van der Waals surface area contributed by atoms with Gasteiger partial charge in [-0.1, -0.05) is 0 Å². The van der Waals surface area contributed by atoms with Crippen LogP contribution in [0.4, 0.5) is 4.79 Å². The third kappa shape index (κ3) is 7.12. The Bertz CT molecular complexity index is 1090. The second-order valence-corrected chi connectivity index (χ2v) is 8.14. The molecule has 1 aromatic carbocycles. The van der Waals surface area contributed by atoms with Crippen molar-refractivity contribution in [3.63, 3.8) is 0 Å². The van der Waals surface area contributed by atoms with Crippen LogP contribution in [-0.2, 0) is 16.1 Å². The summed E-state index contributed by atoms with van der Waals surface area (Å²) in [5, 5.41) is 5.26. The number of H-pyrrole nitrogens is 1. The number of rotatable bonds is 8. The van der Waals surface area contributed by atoms with Crippen LogP contribution < -0.4 is 25.7 Å². The molecule has 0 fully saturated rings. The number of ether oxygens (including phenoxy) is 3. The lowest BCUT2D eigenvalue weighted by Gasteiger charge is -2.19. The van der Waals surface area contributed by atoms with Crippen molar-refractivity contribution < 1.29 is 23.8 Å². The van der Waals surface area contributed by atoms with Gasteiger partial charge < -0.3 is 29.4 Å². The van der Waals surface area contributed by atoms with E-state index in [1.807, 2.05) is 0 Å². The Hall–Kier alpha value is -3.34. The minimum absolute atomic E-state index is 0.0902. The molecule has 32 heavy (non-hydrogen) atoms. The van der Waals surface area contributed by atoms with Gasteiger partial charge in [0.1, 0.15) is 23.6 Å². The Morgan fingerprint density at radius 1 is 1.09 bits per heavy atom. The number of benzene rings is 1. The highest BCUT2D eigenvalue weighted by atomic mass is 32.1. The lowest BCUT2D eigenvalue weighted by atomic mass is 10.1. The molecule has 0 aliphatic carbocycles. The molecular formula is C21H28N4O6S. The minimum atomic E-state index is -0.604. The van der Waals surface area contributed by atoms with Crippen molar-refractivity contribution in [3.8, 4) is 22.8 Å². The van der Waals surface area contributed by atoms with E-state index in [9.17, 15) is 14.4 Å². The van der Waals surface area contributed by atoms with E-state index in [0.29, 0.717) is 22.8 Å². The van der Waals surface area contributed by atoms with Crippen LogP contribution in [0.25, 0.3) is 11.3 Å². The average Bonchev–Trinajstić information content (AvgIpc) is 2.71. The number of nitrogens with zero attached hydrogens (tertiary/aromatic N) is 1. The summed E-state index contributed by atoms with van der Waals surface area (Å²) in [6, 6.07) is 6.46. The molecule has 0 unspecified atom stereocenters. The highest BCUT2D eigenvalue weighted by Gasteiger charge is 2.17. The van der Waals surface area contributed by atoms with Gasteiger partial charge in [-0.05, 0) is 45.1 Å². The van der Waals surface area contributed by atoms with Crippen molar-refractivity contribution in [1.82, 2.24) is 20.2 Å². The SMILES string of the molecule is COc1ccc(-c2cc(=O)[nH]c(=S)n2CC(=O)NCCNC(=O)OC(C)(C)C)c(OC)c1. The Labute approximate surface area is 190 Å². The molecule has 11 heteroatoms. The largest absolute Gasteiger partial charge is 0.497 e. The molecule has 2 rings (SSSR count). The van der Waals surface area contributed by atoms with E-state index in [1.54, 1.807) is 39.0 Å². The molecule has 0 atom stereocenters. The number of carbonyl (C=O) groups excluding carboxylic acids is 2. The fourth-order valence-corrected chi connectivity index (χ4v) is 3.05. The van der Waals surface area contributed by atoms with Crippen LogP contribution in [0, 0.1) is 4.77 Å². The second-order valence-electron chi connectivity index (χ2n) is 7.75. The number of carbonyl (C=O) groups is 2. The normalized spacial score (nSPS) is 10.9. The molecule has 3 N–H and O–H groups in total. The van der Waals surface area contributed by atoms with Crippen LogP contribution in [-0.4, -0.2) is 54.5 Å². The van der Waals surface area contributed by atoms with Gasteiger partial charge in [-0.2, -0.15) is 0 Å². The van der Waals surface area contributed by atoms with Crippen molar-refractivity contribution in [2.24, 2.45) is 0 Å². The zero-order valence-electron chi connectivity index (χ0n) is 18.7. The van der Waals surface area contributed by atoms with Crippen LogP contribution in [0.5, 0.6) is 11.5 Å². The maximum absolute atomic E-state index is 12.5. The number of alkyl carbamates (subject to hydrolysis) is 1. The van der Waals surface area contributed by atoms with E-state index in [-0.39, 0.29) is 30.3 Å². The van der Waals surface area contributed by atoms with Crippen molar-refractivity contribution in [3.05, 3.63) is 39.4 Å². The first-order valence-electron chi connectivity index (χ1n) is 9.84. The minimum Gasteiger partial charge on any atom is -0.497 e. The monoisotopic (exact) mass is 464 g/mol. The van der Waals surface area contributed by atoms with Gasteiger partial charge in [0.05, 0.1) is 19.9 Å². The summed E-state index contributed by atoms with van der Waals surface area (Å²) in [4.78, 5) is 38.7. The summed E-state index contributed by atoms with van der Waals surface area (Å²) < 4.78 is 17.4. The lowest BCUT2D eigenvalue weighted by molar-refractivity contribution is -0.121. The first-order valence-corrected chi connectivity index (χ1v) is 10.2. The molecule has 1 heterocycles. The Morgan fingerprint density at radius 3 is 2.41 bits per heavy atom. The maximum atomic E-state index is 12.5. The standard InChI is InChI=1S/C21H28N4O6S/c1-21(2,3)31-20(28)23-9-8-22-18(27)12-25-15(11-17(26)24-19(25)32)14-7-6-13(29-4)10-16(14)30-5/h6-7,10-11H,8-9,12H2,1-5H3,(H,22,27)(H,23,28)(H,24,26,32). The van der Waals surface area contributed by atoms with Crippen molar-refractivity contribution in [2.45, 2.75) is 32.9 Å². The smallest absolute Gasteiger partial charge is 0.407 e. The summed E-state index contributed by atoms with van der Waals surface area (Å²) in [7, 11) is 3.03. The van der Waals surface area contributed by atoms with Crippen LogP contribution in [0.1, 0.15) is 20.8 Å². The van der Waals surface area contributed by atoms with E-state index >= 15 is 0 Å². The predicted molar refractivity (Wildman–Crippen MR) is 122 cm³/mol. The average molecular weight is 465 g/mol. The molecule has 0 bridgehead atoms. The number of methoxy groups -OCH3 is 2. The molecule has 0 aliphatic rings. The summed E-state index contributed by atoms with van der Waals surface area (Å²) in [6.45, 7) is 5.52. The van der Waals surface area contributed by atoms with E-state index in [1.165, 1.54) is 24.9 Å². The fourth-order valence-electron chi connectivity index (χ4n) is 2.79. The third-order valence-electron chi connectivity index (χ3n) is 4.14. The predicted octanol–water partition coefficient (Wildman–Crippen LogP) is 2.23. The summed E-state index contributed by atoms with van der Waals surface area (Å²) in [5.41, 5.74) is -0.0151. The van der Waals surface area contributed by atoms with Gasteiger partial charge in [0, 0.05) is 30.8 Å². The molecule has 1 aromatic heterocycles. The highest BCUT2D eigenvalue weighted by Crippen LogP contribution is 2.32. The summed E-state index contributed by atoms with van der Waals surface area (Å²) >= 11 is 5.28. The van der Waals surface area contributed by atoms with Crippen LogP contribution in [0.3, 0.4) is 0 Å². The van der Waals surface area contributed by atoms with E-state index in [0.717, 1.165) is 0 Å². The molecule has 10 nitrogen and oxygen atoms in total. The summed E-state index contributed by atoms with van der Waals surface area (Å²) in [6.07, 6.45) is -0.566. The van der Waals surface area contributed by atoms with Gasteiger partial charge in [-0.25, -0.2) is 4.79 Å². The van der Waals surface area contributed by atoms with E-state index in [2.05, 4.69) is 15.6 Å². The van der Waals surface area contributed by atoms with Gasteiger partial charge in [-0.15, -0.1) is 0 Å². The van der Waals surface area contributed by atoms with Gasteiger partial charge in [0.25, 0.3) is 5.56 Å². The Balaban J connectivity index is 2.14. The molecule has 0 saturated carbocycles. The number of nitrogens with one attached hydrogen (secondary N) is 3. The molecule has 0 aliphatic heterocycles. The van der Waals surface area contributed by atoms with Gasteiger partial charge >= 0.3 is 6.09 Å². The van der Waals surface area contributed by atoms with E-state index < -0.39 is 17.3 Å². The molecular weight excluding hydrogens is 436 g/mol. The maximum Gasteiger partial charge on any atom is 0.407 e. The third-order valence-corrected chi connectivity index (χ3v) is 4.46. The molecule has 0 radical (unpaired) electrons. The molecule has 0 saturated heterocycles. The first-order chi connectivity index (χ1) is 15.0. The van der Waals surface area contributed by atoms with E-state index in [4.69, 9.17) is 26.4 Å². The van der Waals surface area contributed by atoms with Crippen molar-refractivity contribution >= 4 is 24.2 Å². The van der Waals surface area contributed by atoms with Gasteiger partial charge in [0.15, 0.2) is 4.77 Å². The summed E-state index contributed by atoms with van der Waals surface area (Å²) in [5.74, 6) is 0.684. The van der Waals surface area contributed by atoms with Crippen molar-refractivity contribution in [2.75, 3.05) is 27.3 Å². The molecule has 2 amide bonds. The number of hydrogen-bond donors (Lipinski definition) is 3. The molecule has 174 valence electrons. The highest BCUT2D eigenvalue weighted by molar-refractivity contribution is 7.71. The lowest BCUT2D eigenvalue weighted by Crippen LogP contribution is -2.38. The number of aromatic amines is 1. The first kappa shape index (κ1) is 24.9. The second kappa shape index (κ2) is 10.8. The van der Waals surface area contributed by atoms with Crippen LogP contribution >= 0.6 is 12.2 Å². The molecule has 2 aromatic rings. The van der Waals surface area contributed by atoms with Crippen LogP contribution in [0.15, 0.2) is 29.1 Å².